The van der Waals surface area contributed by atoms with E-state index in [9.17, 15) is 5.11 Å². The molecule has 0 saturated carbocycles. The van der Waals surface area contributed by atoms with Gasteiger partial charge in [-0.1, -0.05) is 97.9 Å². The van der Waals surface area contributed by atoms with Crippen molar-refractivity contribution in [2.24, 2.45) is 0 Å². The van der Waals surface area contributed by atoms with E-state index < -0.39 is 5.54 Å². The van der Waals surface area contributed by atoms with Crippen LogP contribution < -0.4 is 5.32 Å². The summed E-state index contributed by atoms with van der Waals surface area (Å²) < 4.78 is 0. The van der Waals surface area contributed by atoms with E-state index in [1.807, 2.05) is 18.2 Å². The number of nitrogens with one attached hydrogen (secondary N) is 1. The number of hydrogen-bond acceptors (Lipinski definition) is 2. The first kappa shape index (κ1) is 17.4. The fourth-order valence-electron chi connectivity index (χ4n) is 3.40. The highest BCUT2D eigenvalue weighted by Crippen LogP contribution is 2.37. The Bertz CT molecular complexity index is 655. The van der Waals surface area contributed by atoms with Crippen LogP contribution in [0.2, 0.25) is 0 Å². The Labute approximate surface area is 150 Å². The number of aliphatic hydroxyl groups excluding tert-OH is 1. The summed E-state index contributed by atoms with van der Waals surface area (Å²) in [7, 11) is 0. The van der Waals surface area contributed by atoms with Crippen LogP contribution in [-0.4, -0.2) is 17.8 Å². The highest BCUT2D eigenvalue weighted by atomic mass is 16.3. The van der Waals surface area contributed by atoms with Crippen LogP contribution in [0.3, 0.4) is 0 Å². The van der Waals surface area contributed by atoms with Crippen LogP contribution in [0.15, 0.2) is 91.0 Å². The van der Waals surface area contributed by atoms with Crippen molar-refractivity contribution in [2.45, 2.75) is 24.9 Å². The highest BCUT2D eigenvalue weighted by molar-refractivity contribution is 5.49. The largest absolute Gasteiger partial charge is 0.395 e. The second-order valence-electron chi connectivity index (χ2n) is 6.28. The van der Waals surface area contributed by atoms with Crippen LogP contribution in [0.5, 0.6) is 0 Å². The van der Waals surface area contributed by atoms with Crippen LogP contribution >= 0.6 is 0 Å². The number of hydrogen-bond donors (Lipinski definition) is 2. The fraction of sp³-hybridized carbons (Fsp3) is 0.217. The van der Waals surface area contributed by atoms with E-state index in [1.54, 1.807) is 0 Å². The number of aliphatic hydroxyl groups is 1. The topological polar surface area (TPSA) is 32.3 Å². The maximum Gasteiger partial charge on any atom is 0.0950 e. The van der Waals surface area contributed by atoms with Gasteiger partial charge in [0.05, 0.1) is 12.1 Å². The summed E-state index contributed by atoms with van der Waals surface area (Å²) in [6.07, 6.45) is 0.852. The molecule has 3 rings (SSSR count). The molecule has 0 aromatic heterocycles. The van der Waals surface area contributed by atoms with Gasteiger partial charge < -0.3 is 5.11 Å². The quantitative estimate of drug-likeness (QED) is 0.631. The predicted octanol–water partition coefficient (Wildman–Crippen LogP) is 4.34. The molecule has 0 bridgehead atoms. The molecule has 0 fully saturated rings. The molecule has 2 N–H and O–H groups in total. The second kappa shape index (κ2) is 8.11. The second-order valence-corrected chi connectivity index (χ2v) is 6.28. The van der Waals surface area contributed by atoms with Gasteiger partial charge in [0.1, 0.15) is 0 Å². The first-order chi connectivity index (χ1) is 12.3. The van der Waals surface area contributed by atoms with E-state index >= 15 is 0 Å². The van der Waals surface area contributed by atoms with Gasteiger partial charge in [0, 0.05) is 6.04 Å². The van der Waals surface area contributed by atoms with Gasteiger partial charge in [-0.2, -0.15) is 0 Å². The third kappa shape index (κ3) is 3.51. The molecule has 0 spiro atoms. The van der Waals surface area contributed by atoms with Crippen LogP contribution in [0.4, 0.5) is 0 Å². The summed E-state index contributed by atoms with van der Waals surface area (Å²) in [4.78, 5) is 0. The van der Waals surface area contributed by atoms with Gasteiger partial charge in [-0.3, -0.25) is 5.32 Å². The minimum Gasteiger partial charge on any atom is -0.395 e. The van der Waals surface area contributed by atoms with Crippen LogP contribution in [0.1, 0.15) is 30.0 Å². The number of benzene rings is 3. The molecule has 0 amide bonds. The SMILES string of the molecule is CCC(CO)NC(c1ccccc1)(c1ccccc1)c1ccccc1. The summed E-state index contributed by atoms with van der Waals surface area (Å²) in [6, 6.07) is 31.4. The average Bonchev–Trinajstić information content (AvgIpc) is 2.71. The smallest absolute Gasteiger partial charge is 0.0950 e. The standard InChI is InChI=1S/C23H25NO/c1-2-22(18-25)24-23(19-12-6-3-7-13-19,20-14-8-4-9-15-20)21-16-10-5-11-17-21/h3-17,22,24-25H,2,18H2,1H3. The van der Waals surface area contributed by atoms with E-state index in [4.69, 9.17) is 0 Å². The fourth-order valence-corrected chi connectivity index (χ4v) is 3.40. The van der Waals surface area contributed by atoms with Crippen molar-refractivity contribution < 1.29 is 5.11 Å². The molecule has 1 unspecified atom stereocenters. The van der Waals surface area contributed by atoms with E-state index in [0.717, 1.165) is 6.42 Å². The first-order valence-corrected chi connectivity index (χ1v) is 8.86. The summed E-state index contributed by atoms with van der Waals surface area (Å²) in [5, 5.41) is 13.6. The predicted molar refractivity (Wildman–Crippen MR) is 104 cm³/mol. The Kier molecular flexibility index (Phi) is 5.64. The van der Waals surface area contributed by atoms with Crippen molar-refractivity contribution in [1.29, 1.82) is 0 Å². The lowest BCUT2D eigenvalue weighted by Gasteiger charge is -2.39. The molecular formula is C23H25NO. The van der Waals surface area contributed by atoms with E-state index in [2.05, 4.69) is 85.0 Å². The maximum absolute atomic E-state index is 9.87. The summed E-state index contributed by atoms with van der Waals surface area (Å²) in [5.74, 6) is 0. The Morgan fingerprint density at radius 1 is 0.720 bits per heavy atom. The van der Waals surface area contributed by atoms with Crippen molar-refractivity contribution in [1.82, 2.24) is 5.32 Å². The molecule has 0 aliphatic carbocycles. The van der Waals surface area contributed by atoms with Gasteiger partial charge in [-0.05, 0) is 23.1 Å². The number of rotatable bonds is 7. The average molecular weight is 331 g/mol. The van der Waals surface area contributed by atoms with Gasteiger partial charge in [-0.15, -0.1) is 0 Å². The molecule has 0 aliphatic heterocycles. The van der Waals surface area contributed by atoms with Gasteiger partial charge in [0.15, 0.2) is 0 Å². The molecule has 128 valence electrons. The molecule has 25 heavy (non-hydrogen) atoms. The minimum atomic E-state index is -0.507. The molecule has 2 nitrogen and oxygen atoms in total. The van der Waals surface area contributed by atoms with Crippen molar-refractivity contribution in [3.05, 3.63) is 108 Å². The summed E-state index contributed by atoms with van der Waals surface area (Å²) in [5.41, 5.74) is 2.99. The van der Waals surface area contributed by atoms with Gasteiger partial charge in [0.2, 0.25) is 0 Å². The molecule has 3 aromatic rings. The van der Waals surface area contributed by atoms with Gasteiger partial charge in [-0.25, -0.2) is 0 Å². The van der Waals surface area contributed by atoms with E-state index in [0.29, 0.717) is 0 Å². The van der Waals surface area contributed by atoms with Crippen LogP contribution in [0.25, 0.3) is 0 Å². The zero-order valence-corrected chi connectivity index (χ0v) is 14.6. The molecule has 2 heteroatoms. The third-order valence-corrected chi connectivity index (χ3v) is 4.75. The van der Waals surface area contributed by atoms with Crippen molar-refractivity contribution in [3.8, 4) is 0 Å². The van der Waals surface area contributed by atoms with Crippen molar-refractivity contribution >= 4 is 0 Å². The third-order valence-electron chi connectivity index (χ3n) is 4.75. The zero-order chi connectivity index (χ0) is 17.5. The van der Waals surface area contributed by atoms with Crippen molar-refractivity contribution in [3.63, 3.8) is 0 Å². The van der Waals surface area contributed by atoms with Crippen LogP contribution in [-0.2, 0) is 5.54 Å². The normalized spacial score (nSPS) is 12.7. The Hall–Kier alpha value is -2.42. The lowest BCUT2D eigenvalue weighted by Crippen LogP contribution is -2.50. The summed E-state index contributed by atoms with van der Waals surface area (Å²) in [6.45, 7) is 2.20. The van der Waals surface area contributed by atoms with Crippen molar-refractivity contribution in [2.75, 3.05) is 6.61 Å². The van der Waals surface area contributed by atoms with Crippen LogP contribution in [0, 0.1) is 0 Å². The molecule has 0 heterocycles. The maximum atomic E-state index is 9.87. The molecule has 0 saturated heterocycles. The Balaban J connectivity index is 2.27. The van der Waals surface area contributed by atoms with Gasteiger partial charge >= 0.3 is 0 Å². The Morgan fingerprint density at radius 3 is 1.36 bits per heavy atom. The molecule has 3 aromatic carbocycles. The molecule has 1 atom stereocenters. The highest BCUT2D eigenvalue weighted by Gasteiger charge is 2.37. The Morgan fingerprint density at radius 2 is 1.08 bits per heavy atom. The van der Waals surface area contributed by atoms with E-state index in [-0.39, 0.29) is 12.6 Å². The van der Waals surface area contributed by atoms with E-state index in [1.165, 1.54) is 16.7 Å². The monoisotopic (exact) mass is 331 g/mol. The summed E-state index contributed by atoms with van der Waals surface area (Å²) >= 11 is 0. The molecular weight excluding hydrogens is 306 g/mol. The van der Waals surface area contributed by atoms with Gasteiger partial charge in [0.25, 0.3) is 0 Å². The molecule has 0 aliphatic rings. The lowest BCUT2D eigenvalue weighted by atomic mass is 9.76. The minimum absolute atomic E-state index is 0.000573. The molecule has 0 radical (unpaired) electrons. The lowest BCUT2D eigenvalue weighted by molar-refractivity contribution is 0.218. The zero-order valence-electron chi connectivity index (χ0n) is 14.6. The first-order valence-electron chi connectivity index (χ1n) is 8.86.